The van der Waals surface area contributed by atoms with Crippen LogP contribution in [0.25, 0.3) is 17.0 Å². The zero-order chi connectivity index (χ0) is 22.7. The van der Waals surface area contributed by atoms with E-state index < -0.39 is 11.9 Å². The van der Waals surface area contributed by atoms with E-state index in [9.17, 15) is 14.4 Å². The molecule has 3 rings (SSSR count). The van der Waals surface area contributed by atoms with E-state index in [0.717, 1.165) is 22.5 Å². The van der Waals surface area contributed by atoms with Gasteiger partial charge in [-0.3, -0.25) is 4.79 Å². The quantitative estimate of drug-likeness (QED) is 0.440. The van der Waals surface area contributed by atoms with Gasteiger partial charge in [-0.05, 0) is 63.6 Å². The van der Waals surface area contributed by atoms with Crippen LogP contribution in [0.15, 0.2) is 34.3 Å². The Morgan fingerprint density at radius 1 is 1.35 bits per heavy atom. The number of rotatable bonds is 7. The Morgan fingerprint density at radius 3 is 2.77 bits per heavy atom. The van der Waals surface area contributed by atoms with Gasteiger partial charge in [0.2, 0.25) is 0 Å². The van der Waals surface area contributed by atoms with Gasteiger partial charge in [-0.1, -0.05) is 0 Å². The topological polar surface area (TPSA) is 80.2 Å². The second-order valence-electron chi connectivity index (χ2n) is 7.57. The van der Waals surface area contributed by atoms with E-state index >= 15 is 0 Å². The number of nitriles is 1. The molecule has 0 radical (unpaired) electrons. The van der Waals surface area contributed by atoms with Gasteiger partial charge in [-0.15, -0.1) is 0 Å². The molecule has 0 bridgehead atoms. The maximum absolute atomic E-state index is 13.6. The maximum atomic E-state index is 13.6. The van der Waals surface area contributed by atoms with Crippen molar-refractivity contribution in [2.75, 3.05) is 13.7 Å². The molecule has 1 N–H and O–H groups in total. The van der Waals surface area contributed by atoms with Crippen LogP contribution >= 0.6 is 0 Å². The highest BCUT2D eigenvalue weighted by Crippen LogP contribution is 2.30. The molecule has 162 valence electrons. The minimum absolute atomic E-state index is 0.00125. The van der Waals surface area contributed by atoms with E-state index in [2.05, 4.69) is 9.88 Å². The summed E-state index contributed by atoms with van der Waals surface area (Å²) in [4.78, 5) is 12.8. The zero-order valence-electron chi connectivity index (χ0n) is 18.4. The summed E-state index contributed by atoms with van der Waals surface area (Å²) in [5, 5.41) is 13.1. The van der Waals surface area contributed by atoms with E-state index in [4.69, 9.17) is 9.15 Å². The number of amides is 1. The first-order valence-electron chi connectivity index (χ1n) is 10.0. The van der Waals surface area contributed by atoms with Crippen molar-refractivity contribution in [3.8, 4) is 6.07 Å². The number of hydrogen-bond acceptors (Lipinski definition) is 4. The van der Waals surface area contributed by atoms with E-state index in [1.807, 2.05) is 32.9 Å². The van der Waals surface area contributed by atoms with Gasteiger partial charge in [0.25, 0.3) is 5.91 Å². The van der Waals surface area contributed by atoms with Crippen molar-refractivity contribution in [3.63, 3.8) is 0 Å². The molecular weight excluding hydrogens is 397 g/mol. The summed E-state index contributed by atoms with van der Waals surface area (Å²) in [6.45, 7) is 8.77. The first kappa shape index (κ1) is 22.3. The van der Waals surface area contributed by atoms with Gasteiger partial charge in [0.05, 0.1) is 12.6 Å². The van der Waals surface area contributed by atoms with Crippen molar-refractivity contribution in [1.82, 2.24) is 9.88 Å². The van der Waals surface area contributed by atoms with Crippen molar-refractivity contribution in [3.05, 3.63) is 63.9 Å². The number of methoxy groups -OCH3 is 1. The highest BCUT2D eigenvalue weighted by Gasteiger charge is 2.21. The van der Waals surface area contributed by atoms with Crippen molar-refractivity contribution in [2.45, 2.75) is 40.3 Å². The summed E-state index contributed by atoms with van der Waals surface area (Å²) in [7, 11) is 1.65. The largest absolute Gasteiger partial charge is 0.459 e. The Kier molecular flexibility index (Phi) is 6.62. The third-order valence-corrected chi connectivity index (χ3v) is 5.47. The van der Waals surface area contributed by atoms with E-state index in [0.29, 0.717) is 29.9 Å². The number of hydrogen-bond donors (Lipinski definition) is 1. The highest BCUT2D eigenvalue weighted by molar-refractivity contribution is 6.02. The van der Waals surface area contributed by atoms with Crippen LogP contribution in [0.2, 0.25) is 0 Å². The minimum atomic E-state index is -0.497. The van der Waals surface area contributed by atoms with Crippen molar-refractivity contribution in [1.29, 1.82) is 5.26 Å². The van der Waals surface area contributed by atoms with Crippen LogP contribution < -0.4 is 5.32 Å². The van der Waals surface area contributed by atoms with E-state index in [1.165, 1.54) is 12.1 Å². The number of benzene rings is 1. The van der Waals surface area contributed by atoms with Gasteiger partial charge in [0.15, 0.2) is 0 Å². The fourth-order valence-electron chi connectivity index (χ4n) is 3.77. The van der Waals surface area contributed by atoms with Crippen molar-refractivity contribution < 1.29 is 18.3 Å². The van der Waals surface area contributed by atoms with Gasteiger partial charge < -0.3 is 19.0 Å². The molecule has 0 aliphatic carbocycles. The number of fused-ring (bicyclic) bond motifs is 1. The van der Waals surface area contributed by atoms with Gasteiger partial charge in [-0.2, -0.15) is 5.26 Å². The Hall–Kier alpha value is -3.37. The molecule has 1 unspecified atom stereocenters. The Balaban J connectivity index is 1.83. The number of nitrogens with one attached hydrogen (secondary N) is 1. The first-order chi connectivity index (χ1) is 14.8. The Bertz CT molecular complexity index is 1200. The number of carbonyl (C=O) groups excluding carboxylic acids is 1. The molecule has 1 aromatic carbocycles. The monoisotopic (exact) mass is 423 g/mol. The molecule has 2 aromatic heterocycles. The summed E-state index contributed by atoms with van der Waals surface area (Å²) in [5.41, 5.74) is 4.10. The number of furan rings is 1. The van der Waals surface area contributed by atoms with Crippen LogP contribution in [0.4, 0.5) is 4.39 Å². The van der Waals surface area contributed by atoms with Crippen molar-refractivity contribution >= 4 is 23.0 Å². The zero-order valence-corrected chi connectivity index (χ0v) is 18.4. The Morgan fingerprint density at radius 2 is 2.10 bits per heavy atom. The second-order valence-corrected chi connectivity index (χ2v) is 7.57. The summed E-state index contributed by atoms with van der Waals surface area (Å²) in [6.07, 6.45) is 1.59. The molecular formula is C24H26FN3O3. The first-order valence-corrected chi connectivity index (χ1v) is 10.0. The summed E-state index contributed by atoms with van der Waals surface area (Å²) in [6, 6.07) is 7.74. The van der Waals surface area contributed by atoms with Gasteiger partial charge in [0, 0.05) is 36.0 Å². The molecule has 0 saturated heterocycles. The molecule has 0 aliphatic heterocycles. The van der Waals surface area contributed by atoms with Crippen LogP contribution in [-0.4, -0.2) is 24.2 Å². The third kappa shape index (κ3) is 4.54. The average Bonchev–Trinajstić information content (AvgIpc) is 3.20. The average molecular weight is 423 g/mol. The van der Waals surface area contributed by atoms with Crippen LogP contribution in [0, 0.1) is 37.9 Å². The predicted octanol–water partition coefficient (Wildman–Crippen LogP) is 4.73. The molecule has 1 atom stereocenters. The summed E-state index contributed by atoms with van der Waals surface area (Å²) >= 11 is 0. The molecule has 0 fully saturated rings. The number of carbonyl (C=O) groups is 1. The van der Waals surface area contributed by atoms with Crippen LogP contribution in [0.1, 0.15) is 41.2 Å². The Labute approximate surface area is 180 Å². The molecule has 2 heterocycles. The molecule has 6 nitrogen and oxygen atoms in total. The fourth-order valence-corrected chi connectivity index (χ4v) is 3.77. The minimum Gasteiger partial charge on any atom is -0.459 e. The van der Waals surface area contributed by atoms with Gasteiger partial charge in [0.1, 0.15) is 28.8 Å². The smallest absolute Gasteiger partial charge is 0.262 e. The lowest BCUT2D eigenvalue weighted by Gasteiger charge is -2.12. The molecule has 31 heavy (non-hydrogen) atoms. The number of halogens is 1. The fraction of sp³-hybridized carbons (Fsp3) is 0.333. The van der Waals surface area contributed by atoms with E-state index in [1.54, 1.807) is 26.2 Å². The summed E-state index contributed by atoms with van der Waals surface area (Å²) < 4.78 is 26.6. The molecule has 7 heteroatoms. The number of ether oxygens (including phenoxy) is 1. The number of aryl methyl sites for hydroxylation is 2. The van der Waals surface area contributed by atoms with E-state index in [-0.39, 0.29) is 11.4 Å². The van der Waals surface area contributed by atoms with Crippen molar-refractivity contribution in [2.24, 2.45) is 0 Å². The second kappa shape index (κ2) is 9.19. The summed E-state index contributed by atoms with van der Waals surface area (Å²) in [5.74, 6) is -0.316. The lowest BCUT2D eigenvalue weighted by molar-refractivity contribution is -0.117. The standard InChI is InChI=1S/C24H26FN3O3/c1-14-10-18(17(4)28(14)8-9-30-5)11-19(13-26)24(29)27-16(3)23-15(2)21-12-20(25)6-7-22(21)31-23/h6-7,10-12,16H,8-9H2,1-5H3,(H,27,29)/b19-11-. The SMILES string of the molecule is COCCn1c(C)cc(/C=C(/C#N)C(=O)NC(C)c2oc3ccc(F)cc3c2C)c1C. The van der Waals surface area contributed by atoms with Gasteiger partial charge >= 0.3 is 0 Å². The maximum Gasteiger partial charge on any atom is 0.262 e. The molecule has 3 aromatic rings. The van der Waals surface area contributed by atoms with Crippen LogP contribution in [0.5, 0.6) is 0 Å². The lowest BCUT2D eigenvalue weighted by Crippen LogP contribution is -2.27. The normalized spacial score (nSPS) is 12.7. The lowest BCUT2D eigenvalue weighted by atomic mass is 10.1. The number of aromatic nitrogens is 1. The van der Waals surface area contributed by atoms with Gasteiger partial charge in [-0.25, -0.2) is 4.39 Å². The molecule has 0 aliphatic rings. The molecule has 0 saturated carbocycles. The highest BCUT2D eigenvalue weighted by atomic mass is 19.1. The third-order valence-electron chi connectivity index (χ3n) is 5.47. The predicted molar refractivity (Wildman–Crippen MR) is 117 cm³/mol. The van der Waals surface area contributed by atoms with Crippen LogP contribution in [0.3, 0.4) is 0 Å². The molecule has 0 spiro atoms. The number of nitrogens with zero attached hydrogens (tertiary/aromatic N) is 2. The molecule has 1 amide bonds. The van der Waals surface area contributed by atoms with Crippen LogP contribution in [-0.2, 0) is 16.1 Å².